The summed E-state index contributed by atoms with van der Waals surface area (Å²) in [5.41, 5.74) is 0.560. The molecule has 0 aromatic rings. The zero-order valence-electron chi connectivity index (χ0n) is 11.1. The largest absolute Gasteiger partial charge is 0.314 e. The van der Waals surface area contributed by atoms with E-state index in [4.69, 9.17) is 0 Å². The molecule has 2 fully saturated rings. The van der Waals surface area contributed by atoms with Crippen molar-refractivity contribution in [2.24, 2.45) is 5.41 Å². The van der Waals surface area contributed by atoms with E-state index in [0.717, 1.165) is 6.04 Å². The van der Waals surface area contributed by atoms with Gasteiger partial charge in [0.15, 0.2) is 0 Å². The smallest absolute Gasteiger partial charge is 0.00682 e. The van der Waals surface area contributed by atoms with Crippen molar-refractivity contribution in [3.05, 3.63) is 0 Å². The Morgan fingerprint density at radius 3 is 2.75 bits per heavy atom. The highest BCUT2D eigenvalue weighted by Crippen LogP contribution is 2.28. The van der Waals surface area contributed by atoms with Crippen LogP contribution in [0.25, 0.3) is 0 Å². The average Bonchev–Trinajstić information content (AvgIpc) is 2.99. The summed E-state index contributed by atoms with van der Waals surface area (Å²) in [7, 11) is 0. The number of piperidine rings is 1. The van der Waals surface area contributed by atoms with Crippen LogP contribution in [0.1, 0.15) is 52.4 Å². The molecule has 1 saturated carbocycles. The van der Waals surface area contributed by atoms with Crippen molar-refractivity contribution in [3.63, 3.8) is 0 Å². The first-order chi connectivity index (χ1) is 7.66. The lowest BCUT2D eigenvalue weighted by Crippen LogP contribution is -2.40. The summed E-state index contributed by atoms with van der Waals surface area (Å²) in [6.45, 7) is 10.0. The lowest BCUT2D eigenvalue weighted by molar-refractivity contribution is 0.116. The monoisotopic (exact) mass is 224 g/mol. The summed E-state index contributed by atoms with van der Waals surface area (Å²) < 4.78 is 0. The standard InChI is InChI=1S/C14H28N2/c1-14(2)8-5-11-16(12-14)10-4-3-9-15-13-6-7-13/h13,15H,3-12H2,1-2H3. The molecule has 94 valence electrons. The molecule has 0 spiro atoms. The van der Waals surface area contributed by atoms with Crippen LogP contribution in [-0.2, 0) is 0 Å². The molecule has 2 nitrogen and oxygen atoms in total. The number of rotatable bonds is 6. The van der Waals surface area contributed by atoms with E-state index in [1.807, 2.05) is 0 Å². The molecule has 16 heavy (non-hydrogen) atoms. The van der Waals surface area contributed by atoms with Gasteiger partial charge in [-0.15, -0.1) is 0 Å². The van der Waals surface area contributed by atoms with Gasteiger partial charge in [0.05, 0.1) is 0 Å². The van der Waals surface area contributed by atoms with Crippen LogP contribution in [0.15, 0.2) is 0 Å². The molecule has 1 aliphatic carbocycles. The number of nitrogens with zero attached hydrogens (tertiary/aromatic N) is 1. The molecule has 0 unspecified atom stereocenters. The minimum absolute atomic E-state index is 0.560. The summed E-state index contributed by atoms with van der Waals surface area (Å²) in [5, 5.41) is 3.59. The first kappa shape index (κ1) is 12.4. The van der Waals surface area contributed by atoms with E-state index in [1.165, 1.54) is 64.7 Å². The first-order valence-corrected chi connectivity index (χ1v) is 7.11. The van der Waals surface area contributed by atoms with Crippen LogP contribution in [-0.4, -0.2) is 37.1 Å². The van der Waals surface area contributed by atoms with Gasteiger partial charge in [-0.2, -0.15) is 0 Å². The zero-order valence-corrected chi connectivity index (χ0v) is 11.1. The van der Waals surface area contributed by atoms with Gasteiger partial charge >= 0.3 is 0 Å². The van der Waals surface area contributed by atoms with Crippen LogP contribution >= 0.6 is 0 Å². The summed E-state index contributed by atoms with van der Waals surface area (Å²) in [6, 6.07) is 0.883. The molecule has 2 aliphatic rings. The summed E-state index contributed by atoms with van der Waals surface area (Å²) in [4.78, 5) is 2.67. The van der Waals surface area contributed by atoms with Crippen LogP contribution in [0.3, 0.4) is 0 Å². The van der Waals surface area contributed by atoms with Gasteiger partial charge in [0.2, 0.25) is 0 Å². The van der Waals surface area contributed by atoms with E-state index in [1.54, 1.807) is 0 Å². The summed E-state index contributed by atoms with van der Waals surface area (Å²) in [5.74, 6) is 0. The third-order valence-electron chi connectivity index (χ3n) is 3.89. The fourth-order valence-electron chi connectivity index (χ4n) is 2.79. The lowest BCUT2D eigenvalue weighted by Gasteiger charge is -2.38. The predicted molar refractivity (Wildman–Crippen MR) is 69.7 cm³/mol. The third-order valence-corrected chi connectivity index (χ3v) is 3.89. The van der Waals surface area contributed by atoms with Crippen LogP contribution in [0.2, 0.25) is 0 Å². The van der Waals surface area contributed by atoms with Crippen molar-refractivity contribution in [1.82, 2.24) is 10.2 Å². The minimum atomic E-state index is 0.560. The Labute approximate surface area is 101 Å². The van der Waals surface area contributed by atoms with Crippen LogP contribution in [0.4, 0.5) is 0 Å². The highest BCUT2D eigenvalue weighted by molar-refractivity contribution is 4.81. The second-order valence-electron chi connectivity index (χ2n) is 6.48. The first-order valence-electron chi connectivity index (χ1n) is 7.11. The quantitative estimate of drug-likeness (QED) is 0.698. The normalized spacial score (nSPS) is 25.9. The van der Waals surface area contributed by atoms with Crippen molar-refractivity contribution in [3.8, 4) is 0 Å². The maximum atomic E-state index is 3.59. The maximum absolute atomic E-state index is 3.59. The molecule has 2 heteroatoms. The van der Waals surface area contributed by atoms with Crippen LogP contribution in [0, 0.1) is 5.41 Å². The molecular weight excluding hydrogens is 196 g/mol. The molecule has 0 radical (unpaired) electrons. The second-order valence-corrected chi connectivity index (χ2v) is 6.48. The number of likely N-dealkylation sites (tertiary alicyclic amines) is 1. The van der Waals surface area contributed by atoms with Crippen LogP contribution in [0.5, 0.6) is 0 Å². The molecule has 1 aliphatic heterocycles. The van der Waals surface area contributed by atoms with E-state index in [9.17, 15) is 0 Å². The molecule has 2 rings (SSSR count). The Morgan fingerprint density at radius 1 is 1.25 bits per heavy atom. The highest BCUT2D eigenvalue weighted by Gasteiger charge is 2.25. The molecule has 0 amide bonds. The van der Waals surface area contributed by atoms with Crippen molar-refractivity contribution >= 4 is 0 Å². The fourth-order valence-corrected chi connectivity index (χ4v) is 2.79. The molecule has 1 N–H and O–H groups in total. The fraction of sp³-hybridized carbons (Fsp3) is 1.00. The van der Waals surface area contributed by atoms with Crippen LogP contribution < -0.4 is 5.32 Å². The molecule has 1 heterocycles. The minimum Gasteiger partial charge on any atom is -0.314 e. The van der Waals surface area contributed by atoms with Gasteiger partial charge < -0.3 is 10.2 Å². The third kappa shape index (κ3) is 4.42. The highest BCUT2D eigenvalue weighted by atomic mass is 15.1. The topological polar surface area (TPSA) is 15.3 Å². The molecule has 0 aromatic heterocycles. The summed E-state index contributed by atoms with van der Waals surface area (Å²) in [6.07, 6.45) is 8.36. The van der Waals surface area contributed by atoms with Crippen molar-refractivity contribution in [2.75, 3.05) is 26.2 Å². The van der Waals surface area contributed by atoms with Gasteiger partial charge in [0, 0.05) is 12.6 Å². The number of nitrogens with one attached hydrogen (secondary N) is 1. The Bertz CT molecular complexity index is 209. The Kier molecular flexibility index (Phi) is 4.26. The van der Waals surface area contributed by atoms with E-state index in [2.05, 4.69) is 24.1 Å². The molecule has 0 aromatic carbocycles. The lowest BCUT2D eigenvalue weighted by atomic mass is 9.84. The Morgan fingerprint density at radius 2 is 2.06 bits per heavy atom. The van der Waals surface area contributed by atoms with Gasteiger partial charge in [-0.1, -0.05) is 13.8 Å². The predicted octanol–water partition coefficient (Wildman–Crippen LogP) is 2.64. The average molecular weight is 224 g/mol. The molecule has 1 saturated heterocycles. The second kappa shape index (κ2) is 5.50. The maximum Gasteiger partial charge on any atom is 0.00682 e. The van der Waals surface area contributed by atoms with Gasteiger partial charge in [0.1, 0.15) is 0 Å². The number of unbranched alkanes of at least 4 members (excludes halogenated alkanes) is 1. The van der Waals surface area contributed by atoms with Crippen molar-refractivity contribution < 1.29 is 0 Å². The zero-order chi connectivity index (χ0) is 11.4. The van der Waals surface area contributed by atoms with E-state index < -0.39 is 0 Å². The van der Waals surface area contributed by atoms with E-state index in [-0.39, 0.29) is 0 Å². The van der Waals surface area contributed by atoms with Gasteiger partial charge in [-0.3, -0.25) is 0 Å². The van der Waals surface area contributed by atoms with Gasteiger partial charge in [-0.05, 0) is 63.6 Å². The number of hydrogen-bond acceptors (Lipinski definition) is 2. The Balaban J connectivity index is 1.51. The Hall–Kier alpha value is -0.0800. The van der Waals surface area contributed by atoms with Gasteiger partial charge in [-0.25, -0.2) is 0 Å². The molecular formula is C14H28N2. The number of hydrogen-bond donors (Lipinski definition) is 1. The SMILES string of the molecule is CC1(C)CCCN(CCCCNC2CC2)C1. The van der Waals surface area contributed by atoms with E-state index in [0.29, 0.717) is 5.41 Å². The van der Waals surface area contributed by atoms with Crippen molar-refractivity contribution in [2.45, 2.75) is 58.4 Å². The van der Waals surface area contributed by atoms with E-state index >= 15 is 0 Å². The van der Waals surface area contributed by atoms with Gasteiger partial charge in [0.25, 0.3) is 0 Å². The van der Waals surface area contributed by atoms with Crippen molar-refractivity contribution in [1.29, 1.82) is 0 Å². The molecule has 0 bridgehead atoms. The summed E-state index contributed by atoms with van der Waals surface area (Å²) >= 11 is 0. The molecule has 0 atom stereocenters.